The van der Waals surface area contributed by atoms with Crippen LogP contribution in [0.1, 0.15) is 0 Å². The maximum Gasteiger partial charge on any atom is 0.0774 e. The van der Waals surface area contributed by atoms with Gasteiger partial charge in [0.15, 0.2) is 0 Å². The van der Waals surface area contributed by atoms with Crippen LogP contribution in [0, 0.1) is 0 Å². The summed E-state index contributed by atoms with van der Waals surface area (Å²) in [6, 6.07) is 0. The summed E-state index contributed by atoms with van der Waals surface area (Å²) in [4.78, 5) is 0. The Morgan fingerprint density at radius 3 is 2.00 bits per heavy atom. The molecule has 4 heteroatoms. The third kappa shape index (κ3) is 0.530. The molecule has 8 heavy (non-hydrogen) atoms. The maximum absolute atomic E-state index is 3.12. The highest BCUT2D eigenvalue weighted by Crippen LogP contribution is 2.28. The summed E-state index contributed by atoms with van der Waals surface area (Å²) >= 11 is 3.22. The van der Waals surface area contributed by atoms with E-state index < -0.39 is 0 Å². The smallest absolute Gasteiger partial charge is 0.0774 e. The van der Waals surface area contributed by atoms with Crippen LogP contribution in [-0.4, -0.2) is 0 Å². The average Bonchev–Trinajstić information content (AvgIpc) is 2.15. The maximum atomic E-state index is 3.12. The van der Waals surface area contributed by atoms with Crippen molar-refractivity contribution in [3.05, 3.63) is 22.2 Å². The topological polar surface area (TPSA) is 24.1 Å². The summed E-state index contributed by atoms with van der Waals surface area (Å²) in [5.74, 6) is 0. The first-order chi connectivity index (χ1) is 3.97. The molecule has 0 aliphatic carbocycles. The quantitative estimate of drug-likeness (QED) is 0.498. The highest BCUT2D eigenvalue weighted by Gasteiger charge is 2.15. The predicted molar refractivity (Wildman–Crippen MR) is 37.6 cm³/mol. The van der Waals surface area contributed by atoms with Crippen LogP contribution in [0.5, 0.6) is 0 Å². The third-order valence-corrected chi connectivity index (χ3v) is 2.36. The molecule has 42 valence electrons. The molecule has 0 saturated heterocycles. The fourth-order valence-corrected chi connectivity index (χ4v) is 2.06. The molecule has 2 aliphatic heterocycles. The molecule has 0 spiro atoms. The molecule has 2 aliphatic rings. The normalized spacial score (nSPS) is 23.0. The minimum Gasteiger partial charge on any atom is -0.324 e. The predicted octanol–water partition coefficient (Wildman–Crippen LogP) is 1.17. The Morgan fingerprint density at radius 2 is 1.50 bits per heavy atom. The van der Waals surface area contributed by atoms with E-state index in [1.165, 1.54) is 11.4 Å². The Labute approximate surface area is 56.1 Å². The van der Waals surface area contributed by atoms with Gasteiger partial charge in [-0.3, -0.25) is 0 Å². The van der Waals surface area contributed by atoms with Crippen LogP contribution in [-0.2, 0) is 0 Å². The van der Waals surface area contributed by atoms with E-state index in [0.717, 1.165) is 0 Å². The van der Waals surface area contributed by atoms with Gasteiger partial charge in [0.05, 0.1) is 11.4 Å². The van der Waals surface area contributed by atoms with Crippen molar-refractivity contribution in [2.45, 2.75) is 0 Å². The minimum absolute atomic E-state index is 1.21. The van der Waals surface area contributed by atoms with E-state index in [1.54, 1.807) is 23.9 Å². The molecule has 2 N–H and O–H groups in total. The third-order valence-electron chi connectivity index (χ3n) is 0.981. The number of hydrogen-bond donors (Lipinski definition) is 2. The van der Waals surface area contributed by atoms with Gasteiger partial charge in [0.25, 0.3) is 0 Å². The van der Waals surface area contributed by atoms with Crippen molar-refractivity contribution in [2.24, 2.45) is 0 Å². The van der Waals surface area contributed by atoms with Gasteiger partial charge in [-0.15, -0.1) is 0 Å². The van der Waals surface area contributed by atoms with E-state index in [4.69, 9.17) is 0 Å². The molecule has 0 atom stereocenters. The van der Waals surface area contributed by atoms with Crippen molar-refractivity contribution in [1.82, 2.24) is 9.44 Å². The van der Waals surface area contributed by atoms with Crippen molar-refractivity contribution in [3.63, 3.8) is 0 Å². The van der Waals surface area contributed by atoms with Crippen molar-refractivity contribution in [2.75, 3.05) is 0 Å². The first-order valence-electron chi connectivity index (χ1n) is 2.21. The summed E-state index contributed by atoms with van der Waals surface area (Å²) in [6.45, 7) is 0. The molecular formula is C4H4N2S2. The Balaban J connectivity index is 2.37. The van der Waals surface area contributed by atoms with Crippen molar-refractivity contribution >= 4 is 23.9 Å². The van der Waals surface area contributed by atoms with E-state index in [9.17, 15) is 0 Å². The monoisotopic (exact) mass is 144 g/mol. The second-order valence-corrected chi connectivity index (χ2v) is 2.85. The first-order valence-corrected chi connectivity index (χ1v) is 3.97. The van der Waals surface area contributed by atoms with Crippen LogP contribution in [0.3, 0.4) is 0 Å². The van der Waals surface area contributed by atoms with Crippen molar-refractivity contribution in [1.29, 1.82) is 0 Å². The van der Waals surface area contributed by atoms with Gasteiger partial charge in [-0.2, -0.15) is 0 Å². The van der Waals surface area contributed by atoms with Gasteiger partial charge in [0.1, 0.15) is 0 Å². The zero-order valence-corrected chi connectivity index (χ0v) is 5.60. The van der Waals surface area contributed by atoms with E-state index in [2.05, 4.69) is 20.3 Å². The lowest BCUT2D eigenvalue weighted by Gasteiger charge is -1.91. The highest BCUT2D eigenvalue weighted by atomic mass is 32.2. The van der Waals surface area contributed by atoms with Crippen molar-refractivity contribution < 1.29 is 0 Å². The van der Waals surface area contributed by atoms with Crippen LogP contribution >= 0.6 is 23.9 Å². The number of hydrogen-bond acceptors (Lipinski definition) is 4. The summed E-state index contributed by atoms with van der Waals surface area (Å²) in [5, 5.41) is 4.12. The van der Waals surface area contributed by atoms with Crippen LogP contribution in [0.2, 0.25) is 0 Å². The van der Waals surface area contributed by atoms with E-state index in [1.807, 2.05) is 0 Å². The number of rotatable bonds is 0. The Hall–Kier alpha value is -0.220. The van der Waals surface area contributed by atoms with Gasteiger partial charge < -0.3 is 9.44 Å². The number of fused-ring (bicyclic) bond motifs is 1. The summed E-state index contributed by atoms with van der Waals surface area (Å²) in [7, 11) is 0. The molecule has 0 fully saturated rings. The molecule has 2 rings (SSSR count). The molecule has 2 heterocycles. The van der Waals surface area contributed by atoms with E-state index >= 15 is 0 Å². The molecule has 0 aromatic heterocycles. The Kier molecular flexibility index (Phi) is 0.947. The van der Waals surface area contributed by atoms with E-state index in [-0.39, 0.29) is 0 Å². The highest BCUT2D eigenvalue weighted by molar-refractivity contribution is 8.02. The van der Waals surface area contributed by atoms with Crippen LogP contribution in [0.4, 0.5) is 0 Å². The number of nitrogens with one attached hydrogen (secondary N) is 2. The molecule has 0 amide bonds. The lowest BCUT2D eigenvalue weighted by Crippen LogP contribution is -2.00. The average molecular weight is 144 g/mol. The standard InChI is InChI=1S/C4H4N2S2/c1-3-4(6-7-1)2-8-5-3/h1-2,5-6H. The van der Waals surface area contributed by atoms with Gasteiger partial charge in [-0.25, -0.2) is 0 Å². The van der Waals surface area contributed by atoms with Gasteiger partial charge in [-0.05, 0) is 23.9 Å². The summed E-state index contributed by atoms with van der Waals surface area (Å²) in [5.41, 5.74) is 2.42. The Morgan fingerprint density at radius 1 is 1.00 bits per heavy atom. The fraction of sp³-hybridized carbons (Fsp3) is 0. The fourth-order valence-electron chi connectivity index (χ4n) is 0.589. The summed E-state index contributed by atoms with van der Waals surface area (Å²) < 4.78 is 6.24. The molecular weight excluding hydrogens is 140 g/mol. The van der Waals surface area contributed by atoms with Crippen molar-refractivity contribution in [3.8, 4) is 0 Å². The zero-order valence-electron chi connectivity index (χ0n) is 3.97. The molecule has 0 bridgehead atoms. The first kappa shape index (κ1) is 4.64. The second-order valence-electron chi connectivity index (χ2n) is 1.50. The molecule has 0 aromatic carbocycles. The summed E-state index contributed by atoms with van der Waals surface area (Å²) in [6.07, 6.45) is 0. The van der Waals surface area contributed by atoms with E-state index in [0.29, 0.717) is 0 Å². The Bertz CT molecular complexity index is 153. The van der Waals surface area contributed by atoms with Gasteiger partial charge in [-0.1, -0.05) is 0 Å². The lowest BCUT2D eigenvalue weighted by atomic mass is 10.4. The molecule has 0 unspecified atom stereocenters. The van der Waals surface area contributed by atoms with Crippen LogP contribution < -0.4 is 9.44 Å². The zero-order chi connectivity index (χ0) is 5.40. The van der Waals surface area contributed by atoms with Gasteiger partial charge in [0.2, 0.25) is 0 Å². The molecule has 0 saturated carbocycles. The largest absolute Gasteiger partial charge is 0.324 e. The molecule has 2 nitrogen and oxygen atoms in total. The SMILES string of the molecule is C1=C2NSC=C2NS1. The minimum atomic E-state index is 1.21. The van der Waals surface area contributed by atoms with Gasteiger partial charge in [0, 0.05) is 10.8 Å². The lowest BCUT2D eigenvalue weighted by molar-refractivity contribution is 1.19. The van der Waals surface area contributed by atoms with Gasteiger partial charge >= 0.3 is 0 Å². The molecule has 0 radical (unpaired) electrons. The van der Waals surface area contributed by atoms with Crippen LogP contribution in [0.15, 0.2) is 22.2 Å². The second kappa shape index (κ2) is 1.63. The van der Waals surface area contributed by atoms with Crippen LogP contribution in [0.25, 0.3) is 0 Å². The molecule has 0 aromatic rings.